The van der Waals surface area contributed by atoms with Crippen LogP contribution in [-0.4, -0.2) is 38.1 Å². The SMILES string of the molecule is C[NH+](C)CCCN(C(=O)c1cccs1)c1nc2ccc(Cl)cc2s1. The molecule has 3 rings (SSSR count). The Balaban J connectivity index is 1.91. The number of carbonyl (C=O) groups excluding carboxylic acids is 1. The van der Waals surface area contributed by atoms with E-state index in [2.05, 4.69) is 19.1 Å². The van der Waals surface area contributed by atoms with E-state index in [0.717, 1.165) is 33.2 Å². The van der Waals surface area contributed by atoms with E-state index < -0.39 is 0 Å². The minimum Gasteiger partial charge on any atom is -0.340 e. The fourth-order valence-corrected chi connectivity index (χ4v) is 4.35. The molecule has 0 aliphatic rings. The van der Waals surface area contributed by atoms with Gasteiger partial charge in [0, 0.05) is 18.0 Å². The van der Waals surface area contributed by atoms with E-state index in [1.807, 2.05) is 35.7 Å². The number of halogens is 1. The number of amides is 1. The number of hydrogen-bond donors (Lipinski definition) is 1. The van der Waals surface area contributed by atoms with Crippen LogP contribution in [0.2, 0.25) is 5.02 Å². The zero-order valence-electron chi connectivity index (χ0n) is 13.6. The van der Waals surface area contributed by atoms with Crippen LogP contribution >= 0.6 is 34.3 Å². The van der Waals surface area contributed by atoms with Crippen LogP contribution in [0.4, 0.5) is 5.13 Å². The molecular weight excluding hydrogens is 362 g/mol. The maximum atomic E-state index is 12.9. The molecule has 0 radical (unpaired) electrons. The highest BCUT2D eigenvalue weighted by molar-refractivity contribution is 7.22. The summed E-state index contributed by atoms with van der Waals surface area (Å²) in [6.07, 6.45) is 0.927. The molecule has 0 spiro atoms. The maximum absolute atomic E-state index is 12.9. The van der Waals surface area contributed by atoms with Crippen LogP contribution in [0.1, 0.15) is 16.1 Å². The summed E-state index contributed by atoms with van der Waals surface area (Å²) < 4.78 is 1.000. The molecule has 0 atom stereocenters. The summed E-state index contributed by atoms with van der Waals surface area (Å²) in [6.45, 7) is 1.67. The normalized spacial score (nSPS) is 11.3. The van der Waals surface area contributed by atoms with E-state index in [1.54, 1.807) is 4.90 Å². The van der Waals surface area contributed by atoms with Crippen molar-refractivity contribution >= 4 is 55.5 Å². The average Bonchev–Trinajstić information content (AvgIpc) is 3.19. The third-order valence-corrected chi connectivity index (χ3v) is 5.74. The number of hydrogen-bond acceptors (Lipinski definition) is 4. The molecule has 0 saturated carbocycles. The Morgan fingerprint density at radius 3 is 2.88 bits per heavy atom. The van der Waals surface area contributed by atoms with Crippen LogP contribution in [0, 0.1) is 0 Å². The van der Waals surface area contributed by atoms with Gasteiger partial charge < -0.3 is 4.90 Å². The van der Waals surface area contributed by atoms with E-state index in [9.17, 15) is 4.79 Å². The molecule has 0 fully saturated rings. The number of nitrogens with one attached hydrogen (secondary N) is 1. The molecule has 0 aliphatic carbocycles. The molecule has 4 nitrogen and oxygen atoms in total. The number of aromatic nitrogens is 1. The number of quaternary nitrogens is 1. The summed E-state index contributed by atoms with van der Waals surface area (Å²) in [6, 6.07) is 9.39. The first-order chi connectivity index (χ1) is 11.5. The minimum atomic E-state index is 0.0175. The average molecular weight is 381 g/mol. The Morgan fingerprint density at radius 1 is 1.33 bits per heavy atom. The number of thiazole rings is 1. The van der Waals surface area contributed by atoms with Gasteiger partial charge in [0.15, 0.2) is 5.13 Å². The standard InChI is InChI=1S/C17H18ClN3OS2/c1-20(2)8-4-9-21(16(22)14-5-3-10-23-14)17-19-13-7-6-12(18)11-15(13)24-17/h3,5-7,10-11H,4,8-9H2,1-2H3/p+1. The number of thiophene rings is 1. The molecule has 1 amide bonds. The van der Waals surface area contributed by atoms with E-state index in [4.69, 9.17) is 11.6 Å². The molecule has 2 heterocycles. The lowest BCUT2D eigenvalue weighted by Crippen LogP contribution is -3.05. The Hall–Kier alpha value is -1.47. The predicted molar refractivity (Wildman–Crippen MR) is 103 cm³/mol. The summed E-state index contributed by atoms with van der Waals surface area (Å²) in [4.78, 5) is 21.5. The van der Waals surface area contributed by atoms with Gasteiger partial charge in [0.2, 0.25) is 0 Å². The van der Waals surface area contributed by atoms with Gasteiger partial charge >= 0.3 is 0 Å². The molecule has 1 N–H and O–H groups in total. The number of benzene rings is 1. The second-order valence-corrected chi connectivity index (χ2v) is 8.25. The molecule has 24 heavy (non-hydrogen) atoms. The summed E-state index contributed by atoms with van der Waals surface area (Å²) in [5.41, 5.74) is 0.876. The number of carbonyl (C=O) groups is 1. The van der Waals surface area contributed by atoms with Gasteiger partial charge in [-0.3, -0.25) is 9.69 Å². The van der Waals surface area contributed by atoms with Crippen LogP contribution in [0.15, 0.2) is 35.7 Å². The van der Waals surface area contributed by atoms with Crippen molar-refractivity contribution in [3.63, 3.8) is 0 Å². The second kappa shape index (κ2) is 7.61. The summed E-state index contributed by atoms with van der Waals surface area (Å²) in [5.74, 6) is 0.0175. The van der Waals surface area contributed by atoms with E-state index in [-0.39, 0.29) is 5.91 Å². The fourth-order valence-electron chi connectivity index (χ4n) is 2.41. The third-order valence-electron chi connectivity index (χ3n) is 3.61. The Bertz CT molecular complexity index is 830. The number of nitrogens with zero attached hydrogens (tertiary/aromatic N) is 2. The highest BCUT2D eigenvalue weighted by atomic mass is 35.5. The Kier molecular flexibility index (Phi) is 5.50. The second-order valence-electron chi connectivity index (χ2n) is 5.85. The van der Waals surface area contributed by atoms with E-state index in [0.29, 0.717) is 11.6 Å². The molecule has 7 heteroatoms. The third kappa shape index (κ3) is 3.95. The van der Waals surface area contributed by atoms with Crippen LogP contribution in [0.25, 0.3) is 10.2 Å². The van der Waals surface area contributed by atoms with Crippen molar-refractivity contribution in [3.05, 3.63) is 45.6 Å². The zero-order valence-corrected chi connectivity index (χ0v) is 16.0. The van der Waals surface area contributed by atoms with Crippen LogP contribution in [0.5, 0.6) is 0 Å². The first-order valence-electron chi connectivity index (χ1n) is 7.75. The number of rotatable bonds is 6. The molecule has 0 aliphatic heterocycles. The monoisotopic (exact) mass is 380 g/mol. The van der Waals surface area contributed by atoms with E-state index >= 15 is 0 Å². The van der Waals surface area contributed by atoms with E-state index in [1.165, 1.54) is 27.6 Å². The largest absolute Gasteiger partial charge is 0.340 e. The van der Waals surface area contributed by atoms with Crippen molar-refractivity contribution < 1.29 is 9.69 Å². The fraction of sp³-hybridized carbons (Fsp3) is 0.294. The molecule has 0 saturated heterocycles. The topological polar surface area (TPSA) is 37.6 Å². The van der Waals surface area contributed by atoms with Crippen molar-refractivity contribution in [1.29, 1.82) is 0 Å². The summed E-state index contributed by atoms with van der Waals surface area (Å²) in [7, 11) is 4.23. The smallest absolute Gasteiger partial charge is 0.270 e. The number of anilines is 1. The highest BCUT2D eigenvalue weighted by Gasteiger charge is 2.22. The van der Waals surface area contributed by atoms with Gasteiger partial charge in [-0.15, -0.1) is 11.3 Å². The van der Waals surface area contributed by atoms with Gasteiger partial charge in [0.1, 0.15) is 0 Å². The molecule has 2 aromatic heterocycles. The van der Waals surface area contributed by atoms with Gasteiger partial charge in [-0.1, -0.05) is 29.0 Å². The summed E-state index contributed by atoms with van der Waals surface area (Å²) >= 11 is 9.04. The molecule has 0 bridgehead atoms. The first kappa shape index (κ1) is 17.4. The van der Waals surface area contributed by atoms with Gasteiger partial charge in [-0.2, -0.15) is 0 Å². The van der Waals surface area contributed by atoms with Crippen molar-refractivity contribution in [2.75, 3.05) is 32.1 Å². The molecule has 1 aromatic carbocycles. The van der Waals surface area contributed by atoms with Gasteiger partial charge in [0.25, 0.3) is 5.91 Å². The lowest BCUT2D eigenvalue weighted by Gasteiger charge is -2.19. The lowest BCUT2D eigenvalue weighted by molar-refractivity contribution is -0.858. The van der Waals surface area contributed by atoms with Crippen LogP contribution in [-0.2, 0) is 0 Å². The van der Waals surface area contributed by atoms with Gasteiger partial charge in [-0.05, 0) is 29.6 Å². The quantitative estimate of drug-likeness (QED) is 0.713. The van der Waals surface area contributed by atoms with Crippen molar-refractivity contribution in [3.8, 4) is 0 Å². The first-order valence-corrected chi connectivity index (χ1v) is 9.82. The van der Waals surface area contributed by atoms with Gasteiger partial charge in [0.05, 0.1) is 35.7 Å². The highest BCUT2D eigenvalue weighted by Crippen LogP contribution is 2.32. The molecule has 0 unspecified atom stereocenters. The molecule has 3 aromatic rings. The van der Waals surface area contributed by atoms with Crippen molar-refractivity contribution in [2.24, 2.45) is 0 Å². The Morgan fingerprint density at radius 2 is 2.17 bits per heavy atom. The molecule has 126 valence electrons. The van der Waals surface area contributed by atoms with Crippen molar-refractivity contribution in [1.82, 2.24) is 4.98 Å². The number of fused-ring (bicyclic) bond motifs is 1. The van der Waals surface area contributed by atoms with Crippen LogP contribution < -0.4 is 9.80 Å². The van der Waals surface area contributed by atoms with Crippen LogP contribution in [0.3, 0.4) is 0 Å². The minimum absolute atomic E-state index is 0.0175. The zero-order chi connectivity index (χ0) is 17.1. The maximum Gasteiger partial charge on any atom is 0.270 e. The predicted octanol–water partition coefficient (Wildman–Crippen LogP) is 3.19. The Labute approximate surface area is 154 Å². The van der Waals surface area contributed by atoms with Crippen molar-refractivity contribution in [2.45, 2.75) is 6.42 Å². The molecular formula is C17H19ClN3OS2+. The van der Waals surface area contributed by atoms with Gasteiger partial charge in [-0.25, -0.2) is 4.98 Å². The summed E-state index contributed by atoms with van der Waals surface area (Å²) in [5, 5.41) is 3.34. The lowest BCUT2D eigenvalue weighted by atomic mass is 10.3.